The number of hydrogen-bond donors (Lipinski definition) is 0. The minimum absolute atomic E-state index is 0.882. The summed E-state index contributed by atoms with van der Waals surface area (Å²) in [7, 11) is 0. The van der Waals surface area contributed by atoms with Crippen LogP contribution in [0.4, 0.5) is 0 Å². The molecule has 0 N–H and O–H groups in total. The maximum Gasteiger partial charge on any atom is 0.237 e. The lowest BCUT2D eigenvalue weighted by Crippen LogP contribution is -2.24. The van der Waals surface area contributed by atoms with Crippen molar-refractivity contribution >= 4 is 12.7 Å². The van der Waals surface area contributed by atoms with E-state index in [1.54, 1.807) is 0 Å². The van der Waals surface area contributed by atoms with Crippen molar-refractivity contribution in [2.45, 2.75) is 13.1 Å². The SMILES string of the molecule is C1=[N+](C[N+]2=CN(Cc3ccccn3)CC2)CCN1Cc1ccccn1. The summed E-state index contributed by atoms with van der Waals surface area (Å²) >= 11 is 0. The Morgan fingerprint density at radius 1 is 0.760 bits per heavy atom. The average Bonchev–Trinajstić information content (AvgIpc) is 3.27. The molecular weight excluding hydrogens is 312 g/mol. The topological polar surface area (TPSA) is 38.3 Å². The molecule has 0 fully saturated rings. The van der Waals surface area contributed by atoms with E-state index in [1.165, 1.54) is 0 Å². The molecule has 0 aliphatic carbocycles. The summed E-state index contributed by atoms with van der Waals surface area (Å²) in [6.07, 6.45) is 8.20. The third kappa shape index (κ3) is 4.21. The van der Waals surface area contributed by atoms with Crippen molar-refractivity contribution < 1.29 is 9.15 Å². The number of hydrogen-bond acceptors (Lipinski definition) is 4. The molecule has 0 unspecified atom stereocenters. The monoisotopic (exact) mass is 336 g/mol. The molecule has 2 aromatic rings. The fraction of sp³-hybridized carbons (Fsp3) is 0.368. The number of aromatic nitrogens is 2. The highest BCUT2D eigenvalue weighted by atomic mass is 15.4. The predicted molar refractivity (Wildman–Crippen MR) is 96.5 cm³/mol. The van der Waals surface area contributed by atoms with Crippen LogP contribution in [0.5, 0.6) is 0 Å². The quantitative estimate of drug-likeness (QED) is 0.733. The Kier molecular flexibility index (Phi) is 4.68. The number of pyridine rings is 2. The zero-order valence-electron chi connectivity index (χ0n) is 14.4. The highest BCUT2D eigenvalue weighted by Crippen LogP contribution is 2.05. The summed E-state index contributed by atoms with van der Waals surface area (Å²) in [6.45, 7) is 6.95. The zero-order chi connectivity index (χ0) is 16.9. The van der Waals surface area contributed by atoms with Gasteiger partial charge < -0.3 is 0 Å². The van der Waals surface area contributed by atoms with E-state index in [0.717, 1.165) is 57.3 Å². The van der Waals surface area contributed by atoms with E-state index in [4.69, 9.17) is 0 Å². The first kappa shape index (κ1) is 15.7. The van der Waals surface area contributed by atoms with Crippen LogP contribution in [0, 0.1) is 0 Å². The fourth-order valence-electron chi connectivity index (χ4n) is 3.29. The molecule has 2 aliphatic rings. The van der Waals surface area contributed by atoms with Gasteiger partial charge in [0.25, 0.3) is 0 Å². The predicted octanol–water partition coefficient (Wildman–Crippen LogP) is 0.847. The molecule has 6 nitrogen and oxygen atoms in total. The van der Waals surface area contributed by atoms with Gasteiger partial charge >= 0.3 is 0 Å². The molecule has 0 aromatic carbocycles. The van der Waals surface area contributed by atoms with Gasteiger partial charge in [-0.05, 0) is 24.3 Å². The summed E-state index contributed by atoms with van der Waals surface area (Å²) in [4.78, 5) is 13.5. The maximum absolute atomic E-state index is 4.41. The summed E-state index contributed by atoms with van der Waals surface area (Å²) < 4.78 is 4.76. The first-order valence-corrected chi connectivity index (χ1v) is 8.81. The van der Waals surface area contributed by atoms with Gasteiger partial charge in [-0.1, -0.05) is 12.1 Å². The van der Waals surface area contributed by atoms with Gasteiger partial charge in [0, 0.05) is 12.4 Å². The Hall–Kier alpha value is -2.76. The lowest BCUT2D eigenvalue weighted by molar-refractivity contribution is -0.717. The summed E-state index contributed by atoms with van der Waals surface area (Å²) in [6, 6.07) is 12.2. The van der Waals surface area contributed by atoms with E-state index >= 15 is 0 Å². The van der Waals surface area contributed by atoms with Crippen molar-refractivity contribution in [1.29, 1.82) is 0 Å². The van der Waals surface area contributed by atoms with Crippen LogP contribution in [0.15, 0.2) is 48.8 Å². The molecule has 0 saturated heterocycles. The Morgan fingerprint density at radius 3 is 1.72 bits per heavy atom. The van der Waals surface area contributed by atoms with Crippen molar-refractivity contribution in [2.24, 2.45) is 0 Å². The molecule has 0 radical (unpaired) electrons. The highest BCUT2D eigenvalue weighted by Gasteiger charge is 2.25. The fourth-order valence-corrected chi connectivity index (χ4v) is 3.29. The Balaban J connectivity index is 1.32. The molecule has 6 heteroatoms. The van der Waals surface area contributed by atoms with Crippen molar-refractivity contribution in [3.63, 3.8) is 0 Å². The van der Waals surface area contributed by atoms with Crippen molar-refractivity contribution in [3.05, 3.63) is 60.2 Å². The highest BCUT2D eigenvalue weighted by molar-refractivity contribution is 5.51. The van der Waals surface area contributed by atoms with Gasteiger partial charge in [-0.25, -0.2) is 9.15 Å². The van der Waals surface area contributed by atoms with E-state index in [1.807, 2.05) is 36.7 Å². The summed E-state index contributed by atoms with van der Waals surface area (Å²) in [5, 5.41) is 0. The lowest BCUT2D eigenvalue weighted by atomic mass is 10.3. The van der Waals surface area contributed by atoms with Crippen LogP contribution in [0.2, 0.25) is 0 Å². The smallest absolute Gasteiger partial charge is 0.237 e. The Labute approximate surface area is 148 Å². The van der Waals surface area contributed by atoms with Crippen LogP contribution in [0.1, 0.15) is 11.4 Å². The van der Waals surface area contributed by atoms with Gasteiger partial charge in [-0.15, -0.1) is 0 Å². The Bertz CT molecular complexity index is 690. The molecule has 128 valence electrons. The van der Waals surface area contributed by atoms with Gasteiger partial charge in [0.05, 0.1) is 11.4 Å². The van der Waals surface area contributed by atoms with E-state index in [9.17, 15) is 0 Å². The van der Waals surface area contributed by atoms with Gasteiger partial charge in [0.2, 0.25) is 19.3 Å². The van der Waals surface area contributed by atoms with Crippen LogP contribution in [-0.2, 0) is 13.1 Å². The van der Waals surface area contributed by atoms with E-state index in [0.29, 0.717) is 0 Å². The van der Waals surface area contributed by atoms with Gasteiger partial charge in [0.15, 0.2) is 0 Å². The largest absolute Gasteiger partial charge is 0.258 e. The summed E-state index contributed by atoms with van der Waals surface area (Å²) in [5.74, 6) is 0. The third-order valence-electron chi connectivity index (χ3n) is 4.55. The summed E-state index contributed by atoms with van der Waals surface area (Å²) in [5.41, 5.74) is 2.24. The first-order chi connectivity index (χ1) is 12.3. The van der Waals surface area contributed by atoms with Crippen LogP contribution in [-0.4, -0.2) is 74.4 Å². The molecule has 2 aliphatic heterocycles. The maximum atomic E-state index is 4.41. The minimum Gasteiger partial charge on any atom is -0.258 e. The Morgan fingerprint density at radius 2 is 1.28 bits per heavy atom. The van der Waals surface area contributed by atoms with Crippen LogP contribution in [0.3, 0.4) is 0 Å². The van der Waals surface area contributed by atoms with Gasteiger partial charge in [0.1, 0.15) is 39.3 Å². The molecule has 4 heterocycles. The van der Waals surface area contributed by atoms with E-state index in [-0.39, 0.29) is 0 Å². The molecule has 0 saturated carbocycles. The van der Waals surface area contributed by atoms with E-state index in [2.05, 4.69) is 53.7 Å². The molecule has 0 amide bonds. The third-order valence-corrected chi connectivity index (χ3v) is 4.55. The van der Waals surface area contributed by atoms with Crippen molar-refractivity contribution in [3.8, 4) is 0 Å². The lowest BCUT2D eigenvalue weighted by Gasteiger charge is -2.05. The van der Waals surface area contributed by atoms with Crippen molar-refractivity contribution in [1.82, 2.24) is 19.8 Å². The second-order valence-electron chi connectivity index (χ2n) is 6.58. The molecule has 2 aromatic heterocycles. The van der Waals surface area contributed by atoms with Crippen LogP contribution < -0.4 is 0 Å². The molecule has 0 bridgehead atoms. The first-order valence-electron chi connectivity index (χ1n) is 8.81. The molecule has 4 rings (SSSR count). The van der Waals surface area contributed by atoms with Gasteiger partial charge in [-0.3, -0.25) is 19.8 Å². The molecule has 0 atom stereocenters. The number of nitrogens with zero attached hydrogens (tertiary/aromatic N) is 6. The second kappa shape index (κ2) is 7.42. The average molecular weight is 336 g/mol. The number of rotatable bonds is 6. The van der Waals surface area contributed by atoms with Crippen molar-refractivity contribution in [2.75, 3.05) is 32.8 Å². The molecular formula is C19H24N6+2. The minimum atomic E-state index is 0.882. The molecule has 25 heavy (non-hydrogen) atoms. The normalized spacial score (nSPS) is 17.0. The second-order valence-corrected chi connectivity index (χ2v) is 6.58. The van der Waals surface area contributed by atoms with E-state index < -0.39 is 0 Å². The zero-order valence-corrected chi connectivity index (χ0v) is 14.4. The van der Waals surface area contributed by atoms with Crippen LogP contribution >= 0.6 is 0 Å². The van der Waals surface area contributed by atoms with Crippen LogP contribution in [0.25, 0.3) is 0 Å². The standard InChI is InChI=1S/C19H24N6/c1-3-7-20-18(5-1)13-22-9-11-24(15-22)17-25-12-10-23(16-25)14-19-6-2-4-8-21-19/h1-8,15-16H,9-14,17H2/q+2. The van der Waals surface area contributed by atoms with Gasteiger partial charge in [-0.2, -0.15) is 0 Å². The molecule has 0 spiro atoms.